The Balaban J connectivity index is 3.65. The highest BCUT2D eigenvalue weighted by molar-refractivity contribution is 4.87. The molecule has 0 aromatic carbocycles. The van der Waals surface area contributed by atoms with Crippen LogP contribution in [0.25, 0.3) is 0 Å². The van der Waals surface area contributed by atoms with Crippen LogP contribution in [-0.4, -0.2) is 0 Å². The fourth-order valence-electron chi connectivity index (χ4n) is 2.33. The van der Waals surface area contributed by atoms with Gasteiger partial charge >= 0.3 is 0 Å². The molecule has 0 N–H and O–H groups in total. The molecule has 0 spiro atoms. The van der Waals surface area contributed by atoms with Gasteiger partial charge in [-0.15, -0.1) is 0 Å². The van der Waals surface area contributed by atoms with E-state index >= 15 is 0 Å². The Morgan fingerprint density at radius 1 is 0.706 bits per heavy atom. The number of allylic oxidation sites excluding steroid dienone is 2. The van der Waals surface area contributed by atoms with Gasteiger partial charge in [0.05, 0.1) is 0 Å². The van der Waals surface area contributed by atoms with Crippen molar-refractivity contribution in [3.05, 3.63) is 12.2 Å². The van der Waals surface area contributed by atoms with Crippen LogP contribution >= 0.6 is 0 Å². The average Bonchev–Trinajstić information content (AvgIpc) is 2.35. The Morgan fingerprint density at radius 2 is 1.24 bits per heavy atom. The third-order valence-corrected chi connectivity index (χ3v) is 3.50. The summed E-state index contributed by atoms with van der Waals surface area (Å²) in [6.07, 6.45) is 20.1. The maximum Gasteiger partial charge on any atom is -0.0234 e. The maximum atomic E-state index is 2.48. The SMILES string of the molecule is CCC=CC(CCCCC)CCCCCCC. The molecule has 0 saturated carbocycles. The molecule has 17 heavy (non-hydrogen) atoms. The van der Waals surface area contributed by atoms with E-state index in [4.69, 9.17) is 0 Å². The Hall–Kier alpha value is -0.260. The molecular weight excluding hydrogens is 204 g/mol. The Bertz CT molecular complexity index is 157. The number of unbranched alkanes of at least 4 members (excludes halogenated alkanes) is 6. The summed E-state index contributed by atoms with van der Waals surface area (Å²) in [4.78, 5) is 0. The van der Waals surface area contributed by atoms with Crippen molar-refractivity contribution in [3.63, 3.8) is 0 Å². The largest absolute Gasteiger partial charge is 0.0885 e. The van der Waals surface area contributed by atoms with Gasteiger partial charge in [0, 0.05) is 0 Å². The van der Waals surface area contributed by atoms with Gasteiger partial charge in [-0.25, -0.2) is 0 Å². The van der Waals surface area contributed by atoms with Crippen LogP contribution in [-0.2, 0) is 0 Å². The highest BCUT2D eigenvalue weighted by atomic mass is 14.1. The summed E-state index contributed by atoms with van der Waals surface area (Å²) in [5.74, 6) is 0.864. The molecule has 0 heteroatoms. The van der Waals surface area contributed by atoms with Crippen molar-refractivity contribution in [2.45, 2.75) is 91.4 Å². The normalized spacial score (nSPS) is 13.4. The van der Waals surface area contributed by atoms with Crippen molar-refractivity contribution in [1.29, 1.82) is 0 Å². The second-order valence-electron chi connectivity index (χ2n) is 5.30. The zero-order chi connectivity index (χ0) is 12.8. The molecule has 1 atom stereocenters. The standard InChI is InChI=1S/C17H34/c1-4-7-10-11-13-16-17(14-9-6-3)15-12-8-5-2/h9,14,17H,4-8,10-13,15-16H2,1-3H3. The molecule has 0 nitrogen and oxygen atoms in total. The molecule has 0 saturated heterocycles. The van der Waals surface area contributed by atoms with E-state index in [2.05, 4.69) is 32.9 Å². The van der Waals surface area contributed by atoms with E-state index in [-0.39, 0.29) is 0 Å². The molecule has 0 radical (unpaired) electrons. The maximum absolute atomic E-state index is 2.48. The molecule has 0 heterocycles. The zero-order valence-corrected chi connectivity index (χ0v) is 12.5. The van der Waals surface area contributed by atoms with Gasteiger partial charge in [-0.05, 0) is 25.2 Å². The van der Waals surface area contributed by atoms with Gasteiger partial charge in [0.15, 0.2) is 0 Å². The van der Waals surface area contributed by atoms with Gasteiger partial charge in [-0.1, -0.05) is 84.3 Å². The molecule has 0 aromatic heterocycles. The first-order valence-electron chi connectivity index (χ1n) is 8.01. The van der Waals surface area contributed by atoms with E-state index in [1.54, 1.807) is 0 Å². The monoisotopic (exact) mass is 238 g/mol. The van der Waals surface area contributed by atoms with Crippen LogP contribution in [0.2, 0.25) is 0 Å². The van der Waals surface area contributed by atoms with E-state index in [9.17, 15) is 0 Å². The molecule has 1 unspecified atom stereocenters. The summed E-state index contributed by atoms with van der Waals surface area (Å²) in [7, 11) is 0. The molecule has 0 rings (SSSR count). The number of hydrogen-bond donors (Lipinski definition) is 0. The van der Waals surface area contributed by atoms with Crippen LogP contribution in [0, 0.1) is 5.92 Å². The minimum atomic E-state index is 0.864. The molecule has 0 amide bonds. The quantitative estimate of drug-likeness (QED) is 0.268. The van der Waals surface area contributed by atoms with E-state index < -0.39 is 0 Å². The Kier molecular flexibility index (Phi) is 13.6. The summed E-state index contributed by atoms with van der Waals surface area (Å²) in [5.41, 5.74) is 0. The molecule has 0 aliphatic rings. The molecular formula is C17H34. The fraction of sp³-hybridized carbons (Fsp3) is 0.882. The molecule has 0 aromatic rings. The predicted molar refractivity (Wildman–Crippen MR) is 80.4 cm³/mol. The second-order valence-corrected chi connectivity index (χ2v) is 5.30. The summed E-state index contributed by atoms with van der Waals surface area (Å²) in [6.45, 7) is 6.82. The molecule has 0 aliphatic carbocycles. The first-order valence-corrected chi connectivity index (χ1v) is 8.01. The Morgan fingerprint density at radius 3 is 1.82 bits per heavy atom. The van der Waals surface area contributed by atoms with Crippen molar-refractivity contribution in [1.82, 2.24) is 0 Å². The molecule has 0 aliphatic heterocycles. The Labute approximate surface area is 110 Å². The second kappa shape index (κ2) is 13.8. The third kappa shape index (κ3) is 12.0. The van der Waals surface area contributed by atoms with Crippen LogP contribution in [0.15, 0.2) is 12.2 Å². The predicted octanol–water partition coefficient (Wildman–Crippen LogP) is 6.51. The molecule has 0 fully saturated rings. The van der Waals surface area contributed by atoms with Gasteiger partial charge in [0.25, 0.3) is 0 Å². The topological polar surface area (TPSA) is 0 Å². The van der Waals surface area contributed by atoms with Gasteiger partial charge in [-0.3, -0.25) is 0 Å². The lowest BCUT2D eigenvalue weighted by Gasteiger charge is -2.12. The van der Waals surface area contributed by atoms with Crippen molar-refractivity contribution in [3.8, 4) is 0 Å². The van der Waals surface area contributed by atoms with Crippen LogP contribution < -0.4 is 0 Å². The lowest BCUT2D eigenvalue weighted by atomic mass is 9.94. The first kappa shape index (κ1) is 16.7. The lowest BCUT2D eigenvalue weighted by molar-refractivity contribution is 0.473. The van der Waals surface area contributed by atoms with Crippen molar-refractivity contribution in [2.75, 3.05) is 0 Å². The molecule has 0 bridgehead atoms. The highest BCUT2D eigenvalue weighted by Gasteiger charge is 2.04. The van der Waals surface area contributed by atoms with Crippen molar-refractivity contribution in [2.24, 2.45) is 5.92 Å². The number of hydrogen-bond acceptors (Lipinski definition) is 0. The average molecular weight is 238 g/mol. The first-order chi connectivity index (χ1) is 8.35. The smallest absolute Gasteiger partial charge is 0.0234 e. The summed E-state index contributed by atoms with van der Waals surface area (Å²) in [5, 5.41) is 0. The minimum Gasteiger partial charge on any atom is -0.0885 e. The van der Waals surface area contributed by atoms with E-state index in [0.717, 1.165) is 5.92 Å². The van der Waals surface area contributed by atoms with E-state index in [1.165, 1.54) is 70.6 Å². The highest BCUT2D eigenvalue weighted by Crippen LogP contribution is 2.19. The lowest BCUT2D eigenvalue weighted by Crippen LogP contribution is -1.97. The van der Waals surface area contributed by atoms with Crippen LogP contribution in [0.1, 0.15) is 91.4 Å². The fourth-order valence-corrected chi connectivity index (χ4v) is 2.33. The van der Waals surface area contributed by atoms with Gasteiger partial charge < -0.3 is 0 Å². The molecule has 102 valence electrons. The van der Waals surface area contributed by atoms with Gasteiger partial charge in [-0.2, -0.15) is 0 Å². The zero-order valence-electron chi connectivity index (χ0n) is 12.5. The summed E-state index contributed by atoms with van der Waals surface area (Å²) >= 11 is 0. The van der Waals surface area contributed by atoms with Gasteiger partial charge in [0.1, 0.15) is 0 Å². The number of rotatable bonds is 12. The van der Waals surface area contributed by atoms with Crippen molar-refractivity contribution < 1.29 is 0 Å². The van der Waals surface area contributed by atoms with Gasteiger partial charge in [0.2, 0.25) is 0 Å². The van der Waals surface area contributed by atoms with Crippen LogP contribution in [0.4, 0.5) is 0 Å². The summed E-state index contributed by atoms with van der Waals surface area (Å²) in [6, 6.07) is 0. The summed E-state index contributed by atoms with van der Waals surface area (Å²) < 4.78 is 0. The van der Waals surface area contributed by atoms with Crippen LogP contribution in [0.3, 0.4) is 0 Å². The van der Waals surface area contributed by atoms with Crippen molar-refractivity contribution >= 4 is 0 Å². The van der Waals surface area contributed by atoms with E-state index in [1.807, 2.05) is 0 Å². The third-order valence-electron chi connectivity index (χ3n) is 3.50. The minimum absolute atomic E-state index is 0.864. The van der Waals surface area contributed by atoms with Crippen LogP contribution in [0.5, 0.6) is 0 Å². The van der Waals surface area contributed by atoms with E-state index in [0.29, 0.717) is 0 Å².